The number of carbonyl (C=O) groups is 2. The van der Waals surface area contributed by atoms with Crippen molar-refractivity contribution in [1.29, 1.82) is 0 Å². The van der Waals surface area contributed by atoms with Gasteiger partial charge in [-0.05, 0) is 43.1 Å². The molecule has 0 spiro atoms. The summed E-state index contributed by atoms with van der Waals surface area (Å²) in [6, 6.07) is 15.4. The molecule has 2 heterocycles. The van der Waals surface area contributed by atoms with E-state index in [1.54, 1.807) is 11.8 Å². The third kappa shape index (κ3) is 5.14. The number of benzene rings is 2. The van der Waals surface area contributed by atoms with Gasteiger partial charge in [-0.1, -0.05) is 24.3 Å². The number of fused-ring (bicyclic) bond motifs is 1. The van der Waals surface area contributed by atoms with Crippen LogP contribution >= 0.6 is 11.8 Å². The maximum Gasteiger partial charge on any atom is 0.253 e. The van der Waals surface area contributed by atoms with Gasteiger partial charge in [0.1, 0.15) is 12.4 Å². The van der Waals surface area contributed by atoms with Gasteiger partial charge >= 0.3 is 0 Å². The molecular weight excluding hydrogens is 422 g/mol. The Morgan fingerprint density at radius 2 is 1.75 bits per heavy atom. The van der Waals surface area contributed by atoms with Crippen molar-refractivity contribution in [2.45, 2.75) is 18.8 Å². The Morgan fingerprint density at radius 1 is 1.03 bits per heavy atom. The Hall–Kier alpha value is -2.84. The summed E-state index contributed by atoms with van der Waals surface area (Å²) < 4.78 is 1.99. The largest absolute Gasteiger partial charge is 0.350 e. The molecule has 4 rings (SSSR count). The molecule has 0 radical (unpaired) electrons. The smallest absolute Gasteiger partial charge is 0.253 e. The molecule has 1 aromatic heterocycles. The molecule has 8 heteroatoms. The van der Waals surface area contributed by atoms with Gasteiger partial charge < -0.3 is 19.7 Å². The van der Waals surface area contributed by atoms with Crippen LogP contribution in [0.4, 0.5) is 0 Å². The SMILES string of the molecule is CSCc1nc2ccccc2n1CC(=O)NCc1ccc(C(=O)N2CCN(C)CC2)cc1. The molecule has 1 aliphatic rings. The number of hydrogen-bond acceptors (Lipinski definition) is 5. The number of thioether (sulfide) groups is 1. The lowest BCUT2D eigenvalue weighted by Gasteiger charge is -2.32. The number of amides is 2. The summed E-state index contributed by atoms with van der Waals surface area (Å²) in [4.78, 5) is 34.1. The highest BCUT2D eigenvalue weighted by atomic mass is 32.2. The maximum absolute atomic E-state index is 12.7. The molecule has 1 saturated heterocycles. The van der Waals surface area contributed by atoms with E-state index in [2.05, 4.69) is 22.2 Å². The summed E-state index contributed by atoms with van der Waals surface area (Å²) in [5.41, 5.74) is 3.53. The first-order chi connectivity index (χ1) is 15.5. The summed E-state index contributed by atoms with van der Waals surface area (Å²) in [7, 11) is 2.07. The van der Waals surface area contributed by atoms with E-state index in [-0.39, 0.29) is 18.4 Å². The lowest BCUT2D eigenvalue weighted by atomic mass is 10.1. The first-order valence-electron chi connectivity index (χ1n) is 10.8. The standard InChI is InChI=1S/C24H29N5O2S/c1-27-11-13-28(14-12-27)24(31)19-9-7-18(8-10-19)15-25-23(30)16-29-21-6-4-3-5-20(21)26-22(29)17-32-2/h3-10H,11-17H2,1-2H3,(H,25,30). The maximum atomic E-state index is 12.7. The fourth-order valence-corrected chi connectivity index (χ4v) is 4.38. The minimum atomic E-state index is -0.0619. The zero-order valence-corrected chi connectivity index (χ0v) is 19.4. The second-order valence-electron chi connectivity index (χ2n) is 8.11. The number of aromatic nitrogens is 2. The van der Waals surface area contributed by atoms with Crippen molar-refractivity contribution in [3.8, 4) is 0 Å². The van der Waals surface area contributed by atoms with Crippen LogP contribution < -0.4 is 5.32 Å². The highest BCUT2D eigenvalue weighted by Gasteiger charge is 2.20. The molecule has 32 heavy (non-hydrogen) atoms. The molecule has 7 nitrogen and oxygen atoms in total. The lowest BCUT2D eigenvalue weighted by molar-refractivity contribution is -0.121. The number of nitrogens with one attached hydrogen (secondary N) is 1. The molecule has 0 aliphatic carbocycles. The molecule has 1 fully saturated rings. The molecule has 0 bridgehead atoms. The summed E-state index contributed by atoms with van der Waals surface area (Å²) in [6.07, 6.45) is 2.03. The Labute approximate surface area is 192 Å². The van der Waals surface area contributed by atoms with Crippen molar-refractivity contribution in [3.63, 3.8) is 0 Å². The molecule has 0 unspecified atom stereocenters. The van der Waals surface area contributed by atoms with Crippen molar-refractivity contribution in [1.82, 2.24) is 24.7 Å². The lowest BCUT2D eigenvalue weighted by Crippen LogP contribution is -2.47. The van der Waals surface area contributed by atoms with Gasteiger partial charge in [0.15, 0.2) is 0 Å². The first kappa shape index (κ1) is 22.4. The molecule has 1 aliphatic heterocycles. The van der Waals surface area contributed by atoms with Crippen LogP contribution in [0.5, 0.6) is 0 Å². The Kier molecular flexibility index (Phi) is 7.12. The van der Waals surface area contributed by atoms with Crippen LogP contribution in [0.2, 0.25) is 0 Å². The van der Waals surface area contributed by atoms with E-state index in [9.17, 15) is 9.59 Å². The molecule has 3 aromatic rings. The number of likely N-dealkylation sites (N-methyl/N-ethyl adjacent to an activating group) is 1. The van der Waals surface area contributed by atoms with Gasteiger partial charge in [-0.3, -0.25) is 9.59 Å². The number of hydrogen-bond donors (Lipinski definition) is 1. The number of rotatable bonds is 7. The van der Waals surface area contributed by atoms with Crippen LogP contribution in [0, 0.1) is 0 Å². The van der Waals surface area contributed by atoms with Crippen LogP contribution in [-0.2, 0) is 23.6 Å². The number of para-hydroxylation sites is 2. The minimum Gasteiger partial charge on any atom is -0.350 e. The van der Waals surface area contributed by atoms with Crippen molar-refractivity contribution >= 4 is 34.6 Å². The predicted molar refractivity (Wildman–Crippen MR) is 129 cm³/mol. The van der Waals surface area contributed by atoms with Crippen molar-refractivity contribution in [2.75, 3.05) is 39.5 Å². The summed E-state index contributed by atoms with van der Waals surface area (Å²) in [6.45, 7) is 3.98. The monoisotopic (exact) mass is 451 g/mol. The zero-order chi connectivity index (χ0) is 22.5. The molecule has 1 N–H and O–H groups in total. The first-order valence-corrected chi connectivity index (χ1v) is 12.2. The van der Waals surface area contributed by atoms with Crippen LogP contribution in [0.25, 0.3) is 11.0 Å². The fourth-order valence-electron chi connectivity index (χ4n) is 3.90. The Balaban J connectivity index is 1.35. The summed E-state index contributed by atoms with van der Waals surface area (Å²) in [5, 5.41) is 2.99. The highest BCUT2D eigenvalue weighted by Crippen LogP contribution is 2.19. The second-order valence-corrected chi connectivity index (χ2v) is 8.97. The average molecular weight is 452 g/mol. The van der Waals surface area contributed by atoms with Crippen molar-refractivity contribution < 1.29 is 9.59 Å². The van der Waals surface area contributed by atoms with E-state index < -0.39 is 0 Å². The normalized spacial score (nSPS) is 14.6. The zero-order valence-electron chi connectivity index (χ0n) is 18.6. The van der Waals surface area contributed by atoms with E-state index in [1.165, 1.54) is 0 Å². The van der Waals surface area contributed by atoms with Gasteiger partial charge in [-0.25, -0.2) is 4.98 Å². The Bertz CT molecular complexity index is 1090. The average Bonchev–Trinajstić information content (AvgIpc) is 3.15. The minimum absolute atomic E-state index is 0.0619. The van der Waals surface area contributed by atoms with Gasteiger partial charge in [0.05, 0.1) is 16.8 Å². The van der Waals surface area contributed by atoms with E-state index >= 15 is 0 Å². The number of nitrogens with zero attached hydrogens (tertiary/aromatic N) is 4. The molecule has 168 valence electrons. The van der Waals surface area contributed by atoms with Gasteiger partial charge in [0.25, 0.3) is 5.91 Å². The molecule has 0 saturated carbocycles. The second kappa shape index (κ2) is 10.2. The van der Waals surface area contributed by atoms with Crippen molar-refractivity contribution in [2.24, 2.45) is 0 Å². The van der Waals surface area contributed by atoms with E-state index in [1.807, 2.05) is 64.3 Å². The van der Waals surface area contributed by atoms with Crippen LogP contribution in [0.3, 0.4) is 0 Å². The van der Waals surface area contributed by atoms with Gasteiger partial charge in [0, 0.05) is 38.3 Å². The van der Waals surface area contributed by atoms with Crippen molar-refractivity contribution in [3.05, 3.63) is 65.5 Å². The molecule has 2 aromatic carbocycles. The van der Waals surface area contributed by atoms with E-state index in [0.29, 0.717) is 12.1 Å². The molecular formula is C24H29N5O2S. The van der Waals surface area contributed by atoms with Gasteiger partial charge in [0.2, 0.25) is 5.91 Å². The van der Waals surface area contributed by atoms with E-state index in [4.69, 9.17) is 0 Å². The number of carbonyl (C=O) groups excluding carboxylic acids is 2. The molecule has 2 amide bonds. The predicted octanol–water partition coefficient (Wildman–Crippen LogP) is 2.60. The van der Waals surface area contributed by atoms with Crippen LogP contribution in [0.15, 0.2) is 48.5 Å². The molecule has 0 atom stereocenters. The van der Waals surface area contributed by atoms with Crippen LogP contribution in [0.1, 0.15) is 21.7 Å². The fraction of sp³-hybridized carbons (Fsp3) is 0.375. The number of piperazine rings is 1. The third-order valence-electron chi connectivity index (χ3n) is 5.79. The van der Waals surface area contributed by atoms with Gasteiger partial charge in [-0.2, -0.15) is 11.8 Å². The van der Waals surface area contributed by atoms with E-state index in [0.717, 1.165) is 54.4 Å². The number of imidazole rings is 1. The summed E-state index contributed by atoms with van der Waals surface area (Å²) >= 11 is 1.69. The Morgan fingerprint density at radius 3 is 2.47 bits per heavy atom. The van der Waals surface area contributed by atoms with Crippen LogP contribution in [-0.4, -0.2) is 70.6 Å². The topological polar surface area (TPSA) is 70.5 Å². The third-order valence-corrected chi connectivity index (χ3v) is 6.34. The quantitative estimate of drug-likeness (QED) is 0.598. The van der Waals surface area contributed by atoms with Gasteiger partial charge in [-0.15, -0.1) is 0 Å². The summed E-state index contributed by atoms with van der Waals surface area (Å²) in [5.74, 6) is 1.67. The highest BCUT2D eigenvalue weighted by molar-refractivity contribution is 7.97.